The van der Waals surface area contributed by atoms with E-state index in [9.17, 15) is 4.79 Å². The van der Waals surface area contributed by atoms with Crippen molar-refractivity contribution in [3.05, 3.63) is 66.3 Å². The topological polar surface area (TPSA) is 65.7 Å². The highest BCUT2D eigenvalue weighted by Crippen LogP contribution is 2.30. The number of rotatable bonds is 7. The Labute approximate surface area is 187 Å². The molecule has 0 N–H and O–H groups in total. The molecule has 2 aromatic carbocycles. The number of anilines is 1. The van der Waals surface area contributed by atoms with Gasteiger partial charge in [-0.1, -0.05) is 41.6 Å². The van der Waals surface area contributed by atoms with Gasteiger partial charge in [-0.25, -0.2) is 4.39 Å². The van der Waals surface area contributed by atoms with Crippen LogP contribution < -0.4 is 4.90 Å². The average Bonchev–Trinajstić information content (AvgIpc) is 3.36. The molecule has 7 nitrogen and oxygen atoms in total. The second-order valence-corrected chi connectivity index (χ2v) is 7.74. The zero-order valence-corrected chi connectivity index (χ0v) is 18.4. The molecule has 1 amide bonds. The Kier molecular flexibility index (Phi) is 6.80. The molecule has 168 valence electrons. The molecule has 3 aromatic rings. The largest absolute Gasteiger partial charge is 0.367 e. The third kappa shape index (κ3) is 4.36. The van der Waals surface area contributed by atoms with Gasteiger partial charge in [0.05, 0.1) is 11.3 Å². The lowest BCUT2D eigenvalue weighted by atomic mass is 10.0. The number of carbonyl (C=O) groups is 1. The zero-order valence-electron chi connectivity index (χ0n) is 18.4. The average molecular weight is 438 g/mol. The molecular weight excluding hydrogens is 409 g/mol. The van der Waals surface area contributed by atoms with Crippen molar-refractivity contribution in [2.45, 2.75) is 19.9 Å². The van der Waals surface area contributed by atoms with E-state index in [0.29, 0.717) is 50.5 Å². The molecule has 1 unspecified atom stereocenters. The summed E-state index contributed by atoms with van der Waals surface area (Å²) in [5, 5.41) is 3.76. The Balaban J connectivity index is 1.54. The maximum absolute atomic E-state index is 15.2. The number of aromatic nitrogens is 2. The van der Waals surface area contributed by atoms with Crippen LogP contribution in [-0.4, -0.2) is 65.1 Å². The summed E-state index contributed by atoms with van der Waals surface area (Å²) in [6.07, 6.45) is 1.19. The Morgan fingerprint density at radius 3 is 2.41 bits per heavy atom. The fraction of sp³-hybridized carbons (Fsp3) is 0.375. The van der Waals surface area contributed by atoms with E-state index >= 15 is 4.39 Å². The van der Waals surface area contributed by atoms with Crippen molar-refractivity contribution in [1.82, 2.24) is 19.9 Å². The smallest absolute Gasteiger partial charge is 0.244 e. The number of piperazine rings is 1. The first-order chi connectivity index (χ1) is 15.6. The highest BCUT2D eigenvalue weighted by Gasteiger charge is 2.33. The lowest BCUT2D eigenvalue weighted by molar-refractivity contribution is -0.137. The van der Waals surface area contributed by atoms with Gasteiger partial charge in [0, 0.05) is 39.3 Å². The molecule has 0 bridgehead atoms. The third-order valence-corrected chi connectivity index (χ3v) is 6.02. The van der Waals surface area contributed by atoms with Crippen LogP contribution in [0.25, 0.3) is 11.4 Å². The van der Waals surface area contributed by atoms with E-state index < -0.39 is 0 Å². The maximum atomic E-state index is 15.2. The van der Waals surface area contributed by atoms with E-state index in [2.05, 4.69) is 15.0 Å². The van der Waals surface area contributed by atoms with Crippen LogP contribution >= 0.6 is 0 Å². The van der Waals surface area contributed by atoms with Crippen LogP contribution in [0.1, 0.15) is 25.5 Å². The van der Waals surface area contributed by atoms with Crippen molar-refractivity contribution in [3.63, 3.8) is 0 Å². The van der Waals surface area contributed by atoms with Crippen LogP contribution in [0.15, 0.2) is 59.4 Å². The van der Waals surface area contributed by atoms with Crippen molar-refractivity contribution >= 4 is 11.6 Å². The monoisotopic (exact) mass is 437 g/mol. The van der Waals surface area contributed by atoms with Gasteiger partial charge in [-0.05, 0) is 31.5 Å². The Morgan fingerprint density at radius 1 is 1.06 bits per heavy atom. The fourth-order valence-corrected chi connectivity index (χ4v) is 4.30. The first-order valence-electron chi connectivity index (χ1n) is 11.0. The molecule has 0 radical (unpaired) electrons. The first-order valence-corrected chi connectivity index (χ1v) is 11.0. The summed E-state index contributed by atoms with van der Waals surface area (Å²) < 4.78 is 20.0. The summed E-state index contributed by atoms with van der Waals surface area (Å²) in [6.45, 7) is 7.88. The second kappa shape index (κ2) is 9.91. The summed E-state index contributed by atoms with van der Waals surface area (Å²) in [4.78, 5) is 23.4. The van der Waals surface area contributed by atoms with Gasteiger partial charge in [0.25, 0.3) is 0 Å². The molecule has 1 aromatic heterocycles. The lowest BCUT2D eigenvalue weighted by Gasteiger charge is -2.41. The molecule has 4 rings (SSSR count). The van der Waals surface area contributed by atoms with Gasteiger partial charge in [-0.3, -0.25) is 9.69 Å². The van der Waals surface area contributed by atoms with Crippen molar-refractivity contribution in [2.24, 2.45) is 0 Å². The quantitative estimate of drug-likeness (QED) is 0.563. The summed E-state index contributed by atoms with van der Waals surface area (Å²) in [7, 11) is 0. The van der Waals surface area contributed by atoms with Gasteiger partial charge in [-0.2, -0.15) is 4.98 Å². The molecule has 1 atom stereocenters. The standard InChI is InChI=1S/C24H28FN5O2/c1-3-28(4-2)24(31)22(18-9-6-5-7-10-18)30-15-13-29(14-16-30)20-12-8-11-19(21(20)25)23-26-17-32-27-23/h5-12,17,22H,3-4,13-16H2,1-2H3. The number of halogens is 1. The van der Waals surface area contributed by atoms with E-state index in [1.807, 2.05) is 54.0 Å². The van der Waals surface area contributed by atoms with E-state index in [0.717, 1.165) is 5.56 Å². The van der Waals surface area contributed by atoms with Gasteiger partial charge >= 0.3 is 0 Å². The number of carbonyl (C=O) groups excluding carboxylic acids is 1. The number of hydrogen-bond donors (Lipinski definition) is 0. The number of nitrogens with zero attached hydrogens (tertiary/aromatic N) is 5. The molecule has 1 aliphatic heterocycles. The van der Waals surface area contributed by atoms with Gasteiger partial charge in [0.1, 0.15) is 6.04 Å². The molecule has 1 aliphatic rings. The van der Waals surface area contributed by atoms with E-state index in [1.54, 1.807) is 18.2 Å². The minimum absolute atomic E-state index is 0.111. The van der Waals surface area contributed by atoms with E-state index in [-0.39, 0.29) is 23.6 Å². The SMILES string of the molecule is CCN(CC)C(=O)C(c1ccccc1)N1CCN(c2cccc(-c3ncon3)c2F)CC1. The predicted molar refractivity (Wildman–Crippen MR) is 121 cm³/mol. The number of amides is 1. The summed E-state index contributed by atoms with van der Waals surface area (Å²) in [6, 6.07) is 14.8. The molecular formula is C24H28FN5O2. The Morgan fingerprint density at radius 2 is 1.78 bits per heavy atom. The summed E-state index contributed by atoms with van der Waals surface area (Å²) >= 11 is 0. The Hall–Kier alpha value is -3.26. The van der Waals surface area contributed by atoms with Crippen molar-refractivity contribution in [2.75, 3.05) is 44.2 Å². The van der Waals surface area contributed by atoms with Gasteiger partial charge in [0.15, 0.2) is 5.82 Å². The molecule has 0 aliphatic carbocycles. The molecule has 2 heterocycles. The molecule has 0 spiro atoms. The van der Waals surface area contributed by atoms with Crippen molar-refractivity contribution in [1.29, 1.82) is 0 Å². The lowest BCUT2D eigenvalue weighted by Crippen LogP contribution is -2.52. The van der Waals surface area contributed by atoms with E-state index in [1.165, 1.54) is 6.39 Å². The molecule has 1 saturated heterocycles. The van der Waals surface area contributed by atoms with Crippen LogP contribution in [0.4, 0.5) is 10.1 Å². The van der Waals surface area contributed by atoms with Crippen LogP contribution in [0.2, 0.25) is 0 Å². The minimum atomic E-state index is -0.360. The van der Waals surface area contributed by atoms with Crippen LogP contribution in [0.3, 0.4) is 0 Å². The van der Waals surface area contributed by atoms with Crippen LogP contribution in [-0.2, 0) is 4.79 Å². The number of likely N-dealkylation sites (N-methyl/N-ethyl adjacent to an activating group) is 1. The summed E-state index contributed by atoms with van der Waals surface area (Å²) in [5.41, 5.74) is 1.82. The molecule has 1 fully saturated rings. The highest BCUT2D eigenvalue weighted by atomic mass is 19.1. The number of benzene rings is 2. The predicted octanol–water partition coefficient (Wildman–Crippen LogP) is 3.61. The second-order valence-electron chi connectivity index (χ2n) is 7.74. The molecule has 8 heteroatoms. The molecule has 32 heavy (non-hydrogen) atoms. The summed E-state index contributed by atoms with van der Waals surface area (Å²) in [5.74, 6) is -0.0157. The highest BCUT2D eigenvalue weighted by molar-refractivity contribution is 5.83. The molecule has 0 saturated carbocycles. The van der Waals surface area contributed by atoms with Crippen molar-refractivity contribution < 1.29 is 13.7 Å². The van der Waals surface area contributed by atoms with Gasteiger partial charge in [-0.15, -0.1) is 0 Å². The van der Waals surface area contributed by atoms with Gasteiger partial charge in [0.2, 0.25) is 18.1 Å². The van der Waals surface area contributed by atoms with Gasteiger partial charge < -0.3 is 14.3 Å². The minimum Gasteiger partial charge on any atom is -0.367 e. The Bertz CT molecular complexity index is 1020. The number of hydrogen-bond acceptors (Lipinski definition) is 6. The van der Waals surface area contributed by atoms with Crippen LogP contribution in [0.5, 0.6) is 0 Å². The van der Waals surface area contributed by atoms with Crippen LogP contribution in [0, 0.1) is 5.82 Å². The van der Waals surface area contributed by atoms with E-state index in [4.69, 9.17) is 4.52 Å². The fourth-order valence-electron chi connectivity index (χ4n) is 4.30. The van der Waals surface area contributed by atoms with Crippen molar-refractivity contribution in [3.8, 4) is 11.4 Å². The zero-order chi connectivity index (χ0) is 22.5. The maximum Gasteiger partial charge on any atom is 0.244 e. The third-order valence-electron chi connectivity index (χ3n) is 6.02. The normalized spacial score (nSPS) is 15.5. The first kappa shape index (κ1) is 22.0.